The summed E-state index contributed by atoms with van der Waals surface area (Å²) in [5.41, 5.74) is -1.34. The molecule has 15 heavy (non-hydrogen) atoms. The summed E-state index contributed by atoms with van der Waals surface area (Å²) in [6.07, 6.45) is 0. The topological polar surface area (TPSA) is 49.4 Å². The van der Waals surface area contributed by atoms with Crippen molar-refractivity contribution in [3.8, 4) is 5.75 Å². The number of benzene rings is 1. The molecule has 0 unspecified atom stereocenters. The van der Waals surface area contributed by atoms with Gasteiger partial charge in [-0.2, -0.15) is 0 Å². The maximum absolute atomic E-state index is 10.6. The molecule has 0 aliphatic rings. The molecular formula is C10H10ClLiO3. The first kappa shape index (κ1) is 14.4. The van der Waals surface area contributed by atoms with Crippen molar-refractivity contribution >= 4 is 17.6 Å². The average molecular weight is 221 g/mol. The van der Waals surface area contributed by atoms with Gasteiger partial charge in [0.2, 0.25) is 0 Å². The Morgan fingerprint density at radius 3 is 2.20 bits per heavy atom. The van der Waals surface area contributed by atoms with Crippen LogP contribution in [0.25, 0.3) is 0 Å². The van der Waals surface area contributed by atoms with Crippen LogP contribution >= 0.6 is 11.6 Å². The standard InChI is InChI=1S/C10H11ClO3.Li/c1-10(2,9(12)13)14-8-5-3-7(11)4-6-8;/h3-6H,1-2H3,(H,12,13);/q;+1/p-1. The molecule has 0 fully saturated rings. The van der Waals surface area contributed by atoms with E-state index in [1.807, 2.05) is 0 Å². The minimum atomic E-state index is -1.34. The number of ether oxygens (including phenoxy) is 1. The summed E-state index contributed by atoms with van der Waals surface area (Å²) in [4.78, 5) is 10.6. The van der Waals surface area contributed by atoms with Crippen LogP contribution in [0, 0.1) is 0 Å². The van der Waals surface area contributed by atoms with E-state index >= 15 is 0 Å². The number of carboxylic acid groups (broad SMARTS) is 1. The Labute approximate surface area is 106 Å². The largest absolute Gasteiger partial charge is 1.00 e. The third-order valence-corrected chi connectivity index (χ3v) is 1.93. The minimum absolute atomic E-state index is 0. The van der Waals surface area contributed by atoms with Crippen molar-refractivity contribution in [3.63, 3.8) is 0 Å². The van der Waals surface area contributed by atoms with E-state index in [2.05, 4.69) is 0 Å². The molecule has 1 aromatic rings. The van der Waals surface area contributed by atoms with Gasteiger partial charge < -0.3 is 14.6 Å². The Balaban J connectivity index is 0.00000196. The molecule has 0 aliphatic heterocycles. The van der Waals surface area contributed by atoms with E-state index in [9.17, 15) is 9.90 Å². The van der Waals surface area contributed by atoms with Gasteiger partial charge in [-0.1, -0.05) is 11.6 Å². The quantitative estimate of drug-likeness (QED) is 0.568. The average Bonchev–Trinajstić information content (AvgIpc) is 2.08. The number of hydrogen-bond acceptors (Lipinski definition) is 3. The van der Waals surface area contributed by atoms with Gasteiger partial charge in [-0.25, -0.2) is 0 Å². The van der Waals surface area contributed by atoms with E-state index in [4.69, 9.17) is 16.3 Å². The fraction of sp³-hybridized carbons (Fsp3) is 0.300. The minimum Gasteiger partial charge on any atom is -0.546 e. The van der Waals surface area contributed by atoms with Crippen molar-refractivity contribution in [2.24, 2.45) is 0 Å². The first-order valence-electron chi connectivity index (χ1n) is 4.08. The van der Waals surface area contributed by atoms with E-state index in [1.165, 1.54) is 13.8 Å². The third kappa shape index (κ3) is 4.17. The van der Waals surface area contributed by atoms with Crippen LogP contribution in [0.1, 0.15) is 13.8 Å². The number of carboxylic acids is 1. The van der Waals surface area contributed by atoms with Crippen molar-refractivity contribution in [1.29, 1.82) is 0 Å². The normalized spacial score (nSPS) is 10.3. The van der Waals surface area contributed by atoms with Crippen LogP contribution in [0.2, 0.25) is 5.02 Å². The van der Waals surface area contributed by atoms with Crippen molar-refractivity contribution in [3.05, 3.63) is 29.3 Å². The molecule has 0 amide bonds. The zero-order valence-corrected chi connectivity index (χ0v) is 9.67. The Hall–Kier alpha value is -0.623. The summed E-state index contributed by atoms with van der Waals surface area (Å²) in [5.74, 6) is -0.809. The van der Waals surface area contributed by atoms with Crippen LogP contribution in [0.15, 0.2) is 24.3 Å². The van der Waals surface area contributed by atoms with Crippen LogP contribution in [0.3, 0.4) is 0 Å². The fourth-order valence-electron chi connectivity index (χ4n) is 0.839. The molecule has 0 bridgehead atoms. The SMILES string of the molecule is CC(C)(Oc1ccc(Cl)cc1)C(=O)[O-].[Li+]. The monoisotopic (exact) mass is 220 g/mol. The molecule has 0 aromatic heterocycles. The van der Waals surface area contributed by atoms with E-state index in [-0.39, 0.29) is 18.9 Å². The van der Waals surface area contributed by atoms with Crippen LogP contribution in [-0.4, -0.2) is 11.6 Å². The molecule has 0 N–H and O–H groups in total. The number of carbonyl (C=O) groups excluding carboxylic acids is 1. The summed E-state index contributed by atoms with van der Waals surface area (Å²) >= 11 is 5.66. The van der Waals surface area contributed by atoms with Gasteiger partial charge >= 0.3 is 18.9 Å². The van der Waals surface area contributed by atoms with E-state index in [0.29, 0.717) is 10.8 Å². The van der Waals surface area contributed by atoms with Gasteiger partial charge in [0, 0.05) is 5.02 Å². The summed E-state index contributed by atoms with van der Waals surface area (Å²) in [6, 6.07) is 6.46. The first-order valence-corrected chi connectivity index (χ1v) is 4.45. The third-order valence-electron chi connectivity index (χ3n) is 1.68. The molecule has 0 atom stereocenters. The molecule has 0 saturated heterocycles. The van der Waals surface area contributed by atoms with E-state index < -0.39 is 11.6 Å². The van der Waals surface area contributed by atoms with Crippen molar-refractivity contribution < 1.29 is 33.5 Å². The molecule has 76 valence electrons. The maximum Gasteiger partial charge on any atom is 1.00 e. The zero-order chi connectivity index (χ0) is 10.8. The number of hydrogen-bond donors (Lipinski definition) is 0. The zero-order valence-electron chi connectivity index (χ0n) is 8.91. The van der Waals surface area contributed by atoms with E-state index in [0.717, 1.165) is 0 Å². The molecule has 3 nitrogen and oxygen atoms in total. The second kappa shape index (κ2) is 5.46. The number of aliphatic carboxylic acids is 1. The molecule has 0 spiro atoms. The predicted octanol–water partition coefficient (Wildman–Crippen LogP) is -1.75. The summed E-state index contributed by atoms with van der Waals surface area (Å²) in [7, 11) is 0. The van der Waals surface area contributed by atoms with Crippen molar-refractivity contribution in [2.45, 2.75) is 19.4 Å². The molecule has 1 rings (SSSR count). The first-order chi connectivity index (χ1) is 6.42. The van der Waals surface area contributed by atoms with Gasteiger partial charge in [-0.3, -0.25) is 0 Å². The number of rotatable bonds is 3. The Morgan fingerprint density at radius 2 is 1.80 bits per heavy atom. The van der Waals surface area contributed by atoms with Gasteiger partial charge in [-0.15, -0.1) is 0 Å². The van der Waals surface area contributed by atoms with Crippen LogP contribution in [0.4, 0.5) is 0 Å². The summed E-state index contributed by atoms with van der Waals surface area (Å²) in [6.45, 7) is 2.86. The van der Waals surface area contributed by atoms with Crippen LogP contribution < -0.4 is 28.7 Å². The Morgan fingerprint density at radius 1 is 1.33 bits per heavy atom. The number of halogens is 1. The molecule has 0 saturated carbocycles. The molecule has 0 heterocycles. The molecule has 1 aromatic carbocycles. The maximum atomic E-state index is 10.6. The van der Waals surface area contributed by atoms with Crippen molar-refractivity contribution in [2.75, 3.05) is 0 Å². The molecule has 0 radical (unpaired) electrons. The molecule has 0 aliphatic carbocycles. The number of carbonyl (C=O) groups is 1. The predicted molar refractivity (Wildman–Crippen MR) is 51.2 cm³/mol. The summed E-state index contributed by atoms with van der Waals surface area (Å²) < 4.78 is 5.20. The van der Waals surface area contributed by atoms with Gasteiger partial charge in [0.1, 0.15) is 11.4 Å². The summed E-state index contributed by atoms with van der Waals surface area (Å²) in [5, 5.41) is 11.2. The van der Waals surface area contributed by atoms with Gasteiger partial charge in [-0.05, 0) is 38.1 Å². The van der Waals surface area contributed by atoms with E-state index in [1.54, 1.807) is 24.3 Å². The Kier molecular flexibility index (Phi) is 5.23. The molecular weight excluding hydrogens is 211 g/mol. The van der Waals surface area contributed by atoms with Crippen LogP contribution in [0.5, 0.6) is 5.75 Å². The van der Waals surface area contributed by atoms with Crippen LogP contribution in [-0.2, 0) is 4.79 Å². The van der Waals surface area contributed by atoms with Gasteiger partial charge in [0.25, 0.3) is 0 Å². The van der Waals surface area contributed by atoms with Gasteiger partial charge in [0.15, 0.2) is 0 Å². The molecule has 5 heteroatoms. The fourth-order valence-corrected chi connectivity index (χ4v) is 0.965. The Bertz CT molecular complexity index is 335. The van der Waals surface area contributed by atoms with Gasteiger partial charge in [0.05, 0.1) is 5.97 Å². The second-order valence-corrected chi connectivity index (χ2v) is 3.79. The second-order valence-electron chi connectivity index (χ2n) is 3.35. The van der Waals surface area contributed by atoms with Crippen molar-refractivity contribution in [1.82, 2.24) is 0 Å². The smallest absolute Gasteiger partial charge is 0.546 e.